The van der Waals surface area contributed by atoms with Gasteiger partial charge in [-0.25, -0.2) is 0 Å². The van der Waals surface area contributed by atoms with E-state index in [-0.39, 0.29) is 0 Å². The molecule has 2 heteroatoms. The standard InChI is InChI=1S/C20H25NO/c22-20(12-7-15-21-13-4-1-5-14-21)18-10-3-2-8-16(18)17-9-6-11-19(17)20/h2-3,8,10,17,19,22H,1,4-6,9,11,13-15H2. The SMILES string of the molecule is OC1(C#CCN2CCCCC2)c2ccccc2C2CCCC21. The molecular formula is C20H25NO. The number of piperidine rings is 1. The predicted octanol–water partition coefficient (Wildman–Crippen LogP) is 3.26. The molecule has 22 heavy (non-hydrogen) atoms. The van der Waals surface area contributed by atoms with Crippen LogP contribution < -0.4 is 0 Å². The molecule has 1 heterocycles. The molecule has 3 atom stereocenters. The normalized spacial score (nSPS) is 33.9. The molecule has 0 amide bonds. The van der Waals surface area contributed by atoms with Gasteiger partial charge in [-0.2, -0.15) is 0 Å². The van der Waals surface area contributed by atoms with E-state index in [4.69, 9.17) is 0 Å². The van der Waals surface area contributed by atoms with Gasteiger partial charge in [-0.1, -0.05) is 48.9 Å². The first-order chi connectivity index (χ1) is 10.8. The summed E-state index contributed by atoms with van der Waals surface area (Å²) in [6.45, 7) is 3.13. The molecule has 3 aliphatic rings. The Morgan fingerprint density at radius 3 is 2.77 bits per heavy atom. The fraction of sp³-hybridized carbons (Fsp3) is 0.600. The highest BCUT2D eigenvalue weighted by Gasteiger charge is 2.51. The largest absolute Gasteiger partial charge is 0.373 e. The van der Waals surface area contributed by atoms with Crippen LogP contribution in [-0.4, -0.2) is 29.6 Å². The Morgan fingerprint density at radius 2 is 1.91 bits per heavy atom. The summed E-state index contributed by atoms with van der Waals surface area (Å²) in [4.78, 5) is 2.42. The molecule has 1 saturated carbocycles. The second-order valence-corrected chi connectivity index (χ2v) is 7.14. The second-order valence-electron chi connectivity index (χ2n) is 7.14. The van der Waals surface area contributed by atoms with Gasteiger partial charge in [0.25, 0.3) is 0 Å². The number of hydrogen-bond acceptors (Lipinski definition) is 2. The van der Waals surface area contributed by atoms with Gasteiger partial charge in [0.05, 0.1) is 6.54 Å². The Labute approximate surface area is 133 Å². The first-order valence-corrected chi connectivity index (χ1v) is 8.83. The highest BCUT2D eigenvalue weighted by molar-refractivity contribution is 5.48. The number of benzene rings is 1. The summed E-state index contributed by atoms with van der Waals surface area (Å²) in [5, 5.41) is 11.4. The van der Waals surface area contributed by atoms with Gasteiger partial charge < -0.3 is 5.11 Å². The molecule has 1 N–H and O–H groups in total. The summed E-state index contributed by atoms with van der Waals surface area (Å²) in [7, 11) is 0. The van der Waals surface area contributed by atoms with Crippen molar-refractivity contribution in [1.82, 2.24) is 4.90 Å². The lowest BCUT2D eigenvalue weighted by molar-refractivity contribution is 0.0449. The van der Waals surface area contributed by atoms with E-state index >= 15 is 0 Å². The highest BCUT2D eigenvalue weighted by Crippen LogP contribution is 2.56. The molecule has 0 radical (unpaired) electrons. The minimum atomic E-state index is -0.909. The fourth-order valence-electron chi connectivity index (χ4n) is 4.76. The van der Waals surface area contributed by atoms with Crippen LogP contribution in [0.25, 0.3) is 0 Å². The Morgan fingerprint density at radius 1 is 1.09 bits per heavy atom. The Bertz CT molecular complexity index is 608. The molecule has 2 fully saturated rings. The molecule has 2 aliphatic carbocycles. The van der Waals surface area contributed by atoms with E-state index in [9.17, 15) is 5.11 Å². The van der Waals surface area contributed by atoms with Crippen LogP contribution in [0.15, 0.2) is 24.3 Å². The number of nitrogens with zero attached hydrogens (tertiary/aromatic N) is 1. The number of rotatable bonds is 1. The van der Waals surface area contributed by atoms with Gasteiger partial charge in [0.15, 0.2) is 5.60 Å². The van der Waals surface area contributed by atoms with Crippen molar-refractivity contribution in [3.63, 3.8) is 0 Å². The third-order valence-corrected chi connectivity index (χ3v) is 5.85. The quantitative estimate of drug-likeness (QED) is 0.804. The van der Waals surface area contributed by atoms with E-state index in [1.165, 1.54) is 37.7 Å². The lowest BCUT2D eigenvalue weighted by Crippen LogP contribution is -2.32. The van der Waals surface area contributed by atoms with E-state index in [1.807, 2.05) is 6.07 Å². The van der Waals surface area contributed by atoms with E-state index in [1.54, 1.807) is 0 Å². The molecule has 0 spiro atoms. The highest BCUT2D eigenvalue weighted by atomic mass is 16.3. The van der Waals surface area contributed by atoms with E-state index in [2.05, 4.69) is 34.9 Å². The zero-order valence-electron chi connectivity index (χ0n) is 13.2. The number of hydrogen-bond donors (Lipinski definition) is 1. The van der Waals surface area contributed by atoms with Crippen molar-refractivity contribution in [2.75, 3.05) is 19.6 Å². The molecule has 0 bridgehead atoms. The topological polar surface area (TPSA) is 23.5 Å². The van der Waals surface area contributed by atoms with Gasteiger partial charge in [0.2, 0.25) is 0 Å². The number of fused-ring (bicyclic) bond motifs is 3. The van der Waals surface area contributed by atoms with Crippen LogP contribution >= 0.6 is 0 Å². The summed E-state index contributed by atoms with van der Waals surface area (Å²) in [6.07, 6.45) is 7.47. The average Bonchev–Trinajstić information content (AvgIpc) is 3.13. The predicted molar refractivity (Wildman–Crippen MR) is 88.5 cm³/mol. The van der Waals surface area contributed by atoms with Gasteiger partial charge in [-0.15, -0.1) is 0 Å². The molecule has 2 nitrogen and oxygen atoms in total. The molecule has 3 unspecified atom stereocenters. The Kier molecular flexibility index (Phi) is 3.72. The maximum Gasteiger partial charge on any atom is 0.154 e. The molecule has 4 rings (SSSR count). The minimum absolute atomic E-state index is 0.304. The van der Waals surface area contributed by atoms with Crippen molar-refractivity contribution in [1.29, 1.82) is 0 Å². The summed E-state index contributed by atoms with van der Waals surface area (Å²) in [5.74, 6) is 7.44. The van der Waals surface area contributed by atoms with Crippen LogP contribution in [-0.2, 0) is 5.60 Å². The Balaban J connectivity index is 1.59. The molecule has 1 aromatic rings. The average molecular weight is 295 g/mol. The van der Waals surface area contributed by atoms with Crippen molar-refractivity contribution < 1.29 is 5.11 Å². The van der Waals surface area contributed by atoms with Gasteiger partial charge in [0.1, 0.15) is 0 Å². The zero-order valence-corrected chi connectivity index (χ0v) is 13.2. The zero-order chi connectivity index (χ0) is 15.0. The van der Waals surface area contributed by atoms with Crippen LogP contribution in [0.1, 0.15) is 55.6 Å². The summed E-state index contributed by atoms with van der Waals surface area (Å²) < 4.78 is 0. The van der Waals surface area contributed by atoms with Crippen molar-refractivity contribution in [3.8, 4) is 11.8 Å². The van der Waals surface area contributed by atoms with Crippen LogP contribution in [0, 0.1) is 17.8 Å². The van der Waals surface area contributed by atoms with E-state index < -0.39 is 5.60 Å². The van der Waals surface area contributed by atoms with Crippen LogP contribution in [0.5, 0.6) is 0 Å². The Hall–Kier alpha value is -1.30. The van der Waals surface area contributed by atoms with Crippen molar-refractivity contribution in [2.24, 2.45) is 5.92 Å². The van der Waals surface area contributed by atoms with Gasteiger partial charge >= 0.3 is 0 Å². The smallest absolute Gasteiger partial charge is 0.154 e. The van der Waals surface area contributed by atoms with E-state index in [0.29, 0.717) is 11.8 Å². The van der Waals surface area contributed by atoms with Crippen molar-refractivity contribution in [3.05, 3.63) is 35.4 Å². The third-order valence-electron chi connectivity index (χ3n) is 5.85. The lowest BCUT2D eigenvalue weighted by Gasteiger charge is -2.26. The van der Waals surface area contributed by atoms with E-state index in [0.717, 1.165) is 31.6 Å². The third kappa shape index (κ3) is 2.28. The molecule has 0 aromatic heterocycles. The molecule has 1 aliphatic heterocycles. The number of aliphatic hydroxyl groups is 1. The maximum atomic E-state index is 11.4. The molecular weight excluding hydrogens is 270 g/mol. The van der Waals surface area contributed by atoms with Crippen molar-refractivity contribution in [2.45, 2.75) is 50.0 Å². The summed E-state index contributed by atoms with van der Waals surface area (Å²) in [6, 6.07) is 8.42. The lowest BCUT2D eigenvalue weighted by atomic mass is 9.85. The number of likely N-dealkylation sites (tertiary alicyclic amines) is 1. The first kappa shape index (κ1) is 14.3. The molecule has 116 valence electrons. The van der Waals surface area contributed by atoms with Gasteiger partial charge in [0, 0.05) is 5.92 Å². The van der Waals surface area contributed by atoms with Crippen LogP contribution in [0.3, 0.4) is 0 Å². The second kappa shape index (κ2) is 5.72. The fourth-order valence-corrected chi connectivity index (χ4v) is 4.76. The summed E-state index contributed by atoms with van der Waals surface area (Å²) in [5.41, 5.74) is 1.52. The first-order valence-electron chi connectivity index (χ1n) is 8.83. The minimum Gasteiger partial charge on any atom is -0.373 e. The molecule has 1 aromatic carbocycles. The molecule has 1 saturated heterocycles. The van der Waals surface area contributed by atoms with Crippen molar-refractivity contribution >= 4 is 0 Å². The van der Waals surface area contributed by atoms with Crippen LogP contribution in [0.2, 0.25) is 0 Å². The van der Waals surface area contributed by atoms with Gasteiger partial charge in [-0.05, 0) is 55.8 Å². The summed E-state index contributed by atoms with van der Waals surface area (Å²) >= 11 is 0. The monoisotopic (exact) mass is 295 g/mol. The van der Waals surface area contributed by atoms with Crippen LogP contribution in [0.4, 0.5) is 0 Å². The van der Waals surface area contributed by atoms with Gasteiger partial charge in [-0.3, -0.25) is 4.90 Å². The maximum absolute atomic E-state index is 11.4.